The number of aromatic amines is 1. The molecule has 4 nitrogen and oxygen atoms in total. The van der Waals surface area contributed by atoms with Crippen LogP contribution in [0.1, 0.15) is 15.9 Å². The molecule has 1 amide bonds. The summed E-state index contributed by atoms with van der Waals surface area (Å²) in [5.74, 6) is 0.488. The van der Waals surface area contributed by atoms with Gasteiger partial charge in [0.1, 0.15) is 12.4 Å². The molecule has 2 N–H and O–H groups in total. The van der Waals surface area contributed by atoms with Gasteiger partial charge in [-0.15, -0.1) is 0 Å². The summed E-state index contributed by atoms with van der Waals surface area (Å²) < 4.78 is 5.68. The quantitative estimate of drug-likeness (QED) is 0.764. The van der Waals surface area contributed by atoms with Crippen molar-refractivity contribution in [2.75, 3.05) is 5.32 Å². The van der Waals surface area contributed by atoms with E-state index >= 15 is 0 Å². The van der Waals surface area contributed by atoms with Crippen LogP contribution in [0.25, 0.3) is 0 Å². The van der Waals surface area contributed by atoms with Crippen LogP contribution in [-0.4, -0.2) is 5.91 Å². The number of H-pyrrole nitrogens is 1. The summed E-state index contributed by atoms with van der Waals surface area (Å²) in [4.78, 5) is 15.1. The number of rotatable bonds is 5. The highest BCUT2D eigenvalue weighted by molar-refractivity contribution is 6.32. The van der Waals surface area contributed by atoms with Gasteiger partial charge < -0.3 is 10.1 Å². The van der Waals surface area contributed by atoms with Crippen molar-refractivity contribution in [1.82, 2.24) is 0 Å². The fraction of sp³-hybridized carbons (Fsp3) is 0.0526. The van der Waals surface area contributed by atoms with Crippen LogP contribution in [0.3, 0.4) is 0 Å². The number of benzene rings is 2. The predicted octanol–water partition coefficient (Wildman–Crippen LogP) is 3.99. The summed E-state index contributed by atoms with van der Waals surface area (Å²) >= 11 is 6.05. The Bertz CT molecular complexity index is 820. The highest BCUT2D eigenvalue weighted by atomic mass is 35.5. The van der Waals surface area contributed by atoms with Gasteiger partial charge in [-0.1, -0.05) is 35.9 Å². The number of anilines is 1. The molecule has 0 aliphatic rings. The minimum absolute atomic E-state index is 0.153. The van der Waals surface area contributed by atoms with Crippen LogP contribution in [0.4, 0.5) is 5.69 Å². The average molecular weight is 340 g/mol. The Morgan fingerprint density at radius 2 is 1.71 bits per heavy atom. The molecule has 0 bridgehead atoms. The van der Waals surface area contributed by atoms with Crippen molar-refractivity contribution in [3.8, 4) is 5.75 Å². The van der Waals surface area contributed by atoms with Crippen molar-refractivity contribution in [1.29, 1.82) is 0 Å². The molecule has 0 unspecified atom stereocenters. The van der Waals surface area contributed by atoms with Crippen LogP contribution in [0.5, 0.6) is 5.75 Å². The van der Waals surface area contributed by atoms with E-state index in [0.29, 0.717) is 22.9 Å². The van der Waals surface area contributed by atoms with Crippen LogP contribution < -0.4 is 15.0 Å². The molecule has 2 aromatic carbocycles. The fourth-order valence-electron chi connectivity index (χ4n) is 2.15. The first-order valence-corrected chi connectivity index (χ1v) is 7.84. The van der Waals surface area contributed by atoms with Gasteiger partial charge in [-0.05, 0) is 29.8 Å². The number of pyridine rings is 1. The highest BCUT2D eigenvalue weighted by Gasteiger charge is 2.07. The van der Waals surface area contributed by atoms with Crippen molar-refractivity contribution in [2.45, 2.75) is 6.61 Å². The zero-order valence-corrected chi connectivity index (χ0v) is 13.6. The van der Waals surface area contributed by atoms with E-state index in [-0.39, 0.29) is 5.91 Å². The Morgan fingerprint density at radius 1 is 1.00 bits per heavy atom. The molecule has 0 fully saturated rings. The van der Waals surface area contributed by atoms with Crippen LogP contribution in [-0.2, 0) is 6.61 Å². The Hall–Kier alpha value is -2.85. The van der Waals surface area contributed by atoms with E-state index in [2.05, 4.69) is 10.3 Å². The lowest BCUT2D eigenvalue weighted by atomic mass is 10.1. The van der Waals surface area contributed by atoms with Crippen molar-refractivity contribution in [3.63, 3.8) is 0 Å². The number of nitrogens with one attached hydrogen (secondary N) is 2. The molecule has 0 aliphatic carbocycles. The first-order valence-electron chi connectivity index (χ1n) is 7.46. The van der Waals surface area contributed by atoms with E-state index in [1.807, 2.05) is 30.3 Å². The van der Waals surface area contributed by atoms with E-state index in [4.69, 9.17) is 16.3 Å². The Morgan fingerprint density at radius 3 is 2.42 bits per heavy atom. The number of carbonyl (C=O) groups excluding carboxylic acids is 1. The molecule has 0 radical (unpaired) electrons. The van der Waals surface area contributed by atoms with Crippen molar-refractivity contribution in [3.05, 3.63) is 89.2 Å². The minimum atomic E-state index is -0.153. The highest BCUT2D eigenvalue weighted by Crippen LogP contribution is 2.24. The third-order valence-corrected chi connectivity index (χ3v) is 3.74. The molecule has 1 heterocycles. The third kappa shape index (κ3) is 4.12. The van der Waals surface area contributed by atoms with E-state index in [1.54, 1.807) is 42.7 Å². The second kappa shape index (κ2) is 7.62. The van der Waals surface area contributed by atoms with Crippen LogP contribution in [0, 0.1) is 0 Å². The fourth-order valence-corrected chi connectivity index (χ4v) is 2.34. The van der Waals surface area contributed by atoms with Crippen molar-refractivity contribution >= 4 is 23.2 Å². The Balaban J connectivity index is 1.61. The molecule has 0 saturated carbocycles. The number of amides is 1. The third-order valence-electron chi connectivity index (χ3n) is 3.42. The molecular weight excluding hydrogens is 324 g/mol. The number of halogens is 1. The molecular formula is C19H16ClN2O2+. The second-order valence-corrected chi connectivity index (χ2v) is 5.57. The second-order valence-electron chi connectivity index (χ2n) is 5.16. The maximum Gasteiger partial charge on any atom is 0.255 e. The molecule has 3 rings (SSSR count). The molecule has 5 heteroatoms. The van der Waals surface area contributed by atoms with E-state index in [1.165, 1.54) is 0 Å². The molecule has 0 atom stereocenters. The number of aromatic nitrogens is 1. The number of carbonyl (C=O) groups is 1. The first kappa shape index (κ1) is 16.0. The van der Waals surface area contributed by atoms with Crippen molar-refractivity contribution < 1.29 is 14.5 Å². The first-order chi connectivity index (χ1) is 11.7. The summed E-state index contributed by atoms with van der Waals surface area (Å²) in [6.45, 7) is 0.389. The number of hydrogen-bond acceptors (Lipinski definition) is 2. The van der Waals surface area contributed by atoms with Crippen LogP contribution in [0.2, 0.25) is 5.02 Å². The van der Waals surface area contributed by atoms with Gasteiger partial charge in [-0.2, -0.15) is 0 Å². The van der Waals surface area contributed by atoms with Gasteiger partial charge in [0.05, 0.1) is 10.7 Å². The normalized spacial score (nSPS) is 10.2. The zero-order chi connectivity index (χ0) is 16.8. The summed E-state index contributed by atoms with van der Waals surface area (Å²) in [5, 5.41) is 3.41. The molecule has 0 spiro atoms. The lowest BCUT2D eigenvalue weighted by Gasteiger charge is -2.08. The Kier molecular flexibility index (Phi) is 5.08. The number of hydrogen-bond donors (Lipinski definition) is 1. The summed E-state index contributed by atoms with van der Waals surface area (Å²) in [5.41, 5.74) is 2.29. The molecule has 24 heavy (non-hydrogen) atoms. The predicted molar refractivity (Wildman–Crippen MR) is 93.2 cm³/mol. The van der Waals surface area contributed by atoms with Crippen molar-refractivity contribution in [2.24, 2.45) is 0 Å². The van der Waals surface area contributed by atoms with Gasteiger partial charge in [0.25, 0.3) is 5.91 Å². The molecule has 1 aromatic heterocycles. The summed E-state index contributed by atoms with van der Waals surface area (Å²) in [6, 6.07) is 18.2. The lowest BCUT2D eigenvalue weighted by molar-refractivity contribution is -0.377. The minimum Gasteiger partial charge on any atom is -0.487 e. The molecule has 3 aromatic rings. The zero-order valence-electron chi connectivity index (χ0n) is 12.8. The number of para-hydroxylation sites is 1. The maximum atomic E-state index is 12.2. The van der Waals surface area contributed by atoms with Gasteiger partial charge in [0.2, 0.25) is 0 Å². The summed E-state index contributed by atoms with van der Waals surface area (Å²) in [6.07, 6.45) is 3.51. The standard InChI is InChI=1S/C19H15ClN2O2/c20-17-3-1-2-4-18(17)24-13-14-5-7-15(8-6-14)19(23)22-16-9-11-21-12-10-16/h1-12H,13H2,(H,21,22,23)/p+1. The van der Waals surface area contributed by atoms with E-state index in [0.717, 1.165) is 11.3 Å². The lowest BCUT2D eigenvalue weighted by Crippen LogP contribution is -2.12. The van der Waals surface area contributed by atoms with Gasteiger partial charge >= 0.3 is 0 Å². The van der Waals surface area contributed by atoms with E-state index in [9.17, 15) is 4.79 Å². The summed E-state index contributed by atoms with van der Waals surface area (Å²) in [7, 11) is 0. The largest absolute Gasteiger partial charge is 0.487 e. The molecule has 0 saturated heterocycles. The topological polar surface area (TPSA) is 52.5 Å². The van der Waals surface area contributed by atoms with Crippen LogP contribution >= 0.6 is 11.6 Å². The monoisotopic (exact) mass is 339 g/mol. The molecule has 120 valence electrons. The SMILES string of the molecule is O=C(Nc1cc[nH+]cc1)c1ccc(COc2ccccc2Cl)cc1. The maximum absolute atomic E-state index is 12.2. The smallest absolute Gasteiger partial charge is 0.255 e. The van der Waals surface area contributed by atoms with Gasteiger partial charge in [0, 0.05) is 17.7 Å². The number of ether oxygens (including phenoxy) is 1. The van der Waals surface area contributed by atoms with Crippen LogP contribution in [0.15, 0.2) is 73.1 Å². The van der Waals surface area contributed by atoms with Gasteiger partial charge in [-0.3, -0.25) is 4.79 Å². The molecule has 0 aliphatic heterocycles. The van der Waals surface area contributed by atoms with E-state index < -0.39 is 0 Å². The van der Waals surface area contributed by atoms with Gasteiger partial charge in [-0.25, -0.2) is 4.98 Å². The average Bonchev–Trinajstić information content (AvgIpc) is 2.62. The Labute approximate surface area is 145 Å². The van der Waals surface area contributed by atoms with Gasteiger partial charge in [0.15, 0.2) is 12.4 Å².